The monoisotopic (exact) mass is 1110 g/mol. The third kappa shape index (κ3) is 65.1. The summed E-state index contributed by atoms with van der Waals surface area (Å²) in [4.78, 5) is 38.4. The molecule has 0 aromatic heterocycles. The average Bonchev–Trinajstić information content (AvgIpc) is 3.46. The van der Waals surface area contributed by atoms with Gasteiger partial charge >= 0.3 is 17.9 Å². The van der Waals surface area contributed by atoms with Crippen molar-refractivity contribution in [3.63, 3.8) is 0 Å². The minimum atomic E-state index is -0.793. The second-order valence-corrected chi connectivity index (χ2v) is 22.7. The maximum absolute atomic E-state index is 13.0. The summed E-state index contributed by atoms with van der Waals surface area (Å²) >= 11 is 0. The molecule has 0 radical (unpaired) electrons. The first-order valence-corrected chi connectivity index (χ1v) is 34.2. The van der Waals surface area contributed by atoms with Gasteiger partial charge in [0.15, 0.2) is 6.10 Å². The maximum atomic E-state index is 13.0. The summed E-state index contributed by atoms with van der Waals surface area (Å²) in [5.74, 6) is -0.904. The zero-order chi connectivity index (χ0) is 57.8. The molecule has 0 amide bonds. The Morgan fingerprint density at radius 2 is 0.487 bits per heavy atom. The molecule has 0 saturated heterocycles. The summed E-state index contributed by atoms with van der Waals surface area (Å²) in [6, 6.07) is 0. The fraction of sp³-hybridized carbons (Fsp3) is 0.743. The quantitative estimate of drug-likeness (QED) is 0.0261. The van der Waals surface area contributed by atoms with Crippen molar-refractivity contribution in [3.8, 4) is 0 Å². The molecule has 0 rings (SSSR count). The second-order valence-electron chi connectivity index (χ2n) is 22.7. The van der Waals surface area contributed by atoms with Crippen LogP contribution in [0.2, 0.25) is 0 Å². The van der Waals surface area contributed by atoms with Crippen molar-refractivity contribution in [2.24, 2.45) is 0 Å². The normalized spacial score (nSPS) is 12.7. The van der Waals surface area contributed by atoms with Crippen LogP contribution in [0.5, 0.6) is 0 Å². The van der Waals surface area contributed by atoms with E-state index >= 15 is 0 Å². The van der Waals surface area contributed by atoms with Crippen LogP contribution in [0.3, 0.4) is 0 Å². The van der Waals surface area contributed by atoms with Crippen molar-refractivity contribution in [3.05, 3.63) is 97.2 Å². The van der Waals surface area contributed by atoms with Gasteiger partial charge in [-0.15, -0.1) is 0 Å². The topological polar surface area (TPSA) is 78.9 Å². The summed E-state index contributed by atoms with van der Waals surface area (Å²) in [6.45, 7) is 6.52. The number of rotatable bonds is 62. The Bertz CT molecular complexity index is 1560. The lowest BCUT2D eigenvalue weighted by Gasteiger charge is -2.18. The average molecular weight is 1110 g/mol. The van der Waals surface area contributed by atoms with E-state index < -0.39 is 6.10 Å². The first-order chi connectivity index (χ1) is 39.5. The van der Waals surface area contributed by atoms with Gasteiger partial charge in [-0.2, -0.15) is 0 Å². The Labute approximate surface area is 496 Å². The highest BCUT2D eigenvalue weighted by Crippen LogP contribution is 2.17. The highest BCUT2D eigenvalue weighted by molar-refractivity contribution is 5.71. The minimum absolute atomic E-state index is 0.0878. The molecule has 0 aliphatic carbocycles. The van der Waals surface area contributed by atoms with Crippen molar-refractivity contribution < 1.29 is 28.6 Å². The van der Waals surface area contributed by atoms with Gasteiger partial charge in [0.25, 0.3) is 0 Å². The highest BCUT2D eigenvalue weighted by atomic mass is 16.6. The Morgan fingerprint density at radius 1 is 0.263 bits per heavy atom. The van der Waals surface area contributed by atoms with E-state index in [1.165, 1.54) is 173 Å². The summed E-state index contributed by atoms with van der Waals surface area (Å²) in [5, 5.41) is 0. The Kier molecular flexibility index (Phi) is 64.7. The van der Waals surface area contributed by atoms with Crippen LogP contribution >= 0.6 is 0 Å². The fourth-order valence-corrected chi connectivity index (χ4v) is 9.71. The molecular weight excluding hydrogens is 985 g/mol. The van der Waals surface area contributed by atoms with Gasteiger partial charge in [-0.1, -0.05) is 311 Å². The van der Waals surface area contributed by atoms with E-state index in [1.807, 2.05) is 0 Å². The van der Waals surface area contributed by atoms with E-state index in [9.17, 15) is 14.4 Å². The lowest BCUT2D eigenvalue weighted by molar-refractivity contribution is -0.167. The number of hydrogen-bond donors (Lipinski definition) is 0. The van der Waals surface area contributed by atoms with Gasteiger partial charge in [0.2, 0.25) is 0 Å². The van der Waals surface area contributed by atoms with Crippen LogP contribution in [0.25, 0.3) is 0 Å². The number of ether oxygens (including phenoxy) is 3. The first kappa shape index (κ1) is 76.3. The number of allylic oxidation sites excluding steroid dienone is 16. The molecule has 0 aliphatic heterocycles. The van der Waals surface area contributed by atoms with E-state index in [2.05, 4.69) is 118 Å². The van der Waals surface area contributed by atoms with Crippen molar-refractivity contribution in [1.82, 2.24) is 0 Å². The van der Waals surface area contributed by atoms with E-state index in [0.29, 0.717) is 19.3 Å². The number of unbranched alkanes of at least 4 members (excludes halogenated alkanes) is 35. The molecule has 6 nitrogen and oxygen atoms in total. The molecule has 6 heteroatoms. The largest absolute Gasteiger partial charge is 0.462 e. The highest BCUT2D eigenvalue weighted by Gasteiger charge is 2.19. The molecule has 0 aromatic carbocycles. The van der Waals surface area contributed by atoms with Crippen LogP contribution < -0.4 is 0 Å². The molecule has 0 aromatic rings. The molecular formula is C74H128O6. The molecule has 0 bridgehead atoms. The van der Waals surface area contributed by atoms with Crippen LogP contribution in [0.1, 0.15) is 335 Å². The van der Waals surface area contributed by atoms with E-state index in [0.717, 1.165) is 122 Å². The van der Waals surface area contributed by atoms with Gasteiger partial charge in [0.05, 0.1) is 0 Å². The predicted octanol–water partition coefficient (Wildman–Crippen LogP) is 23.6. The lowest BCUT2D eigenvalue weighted by atomic mass is 10.0. The Hall–Kier alpha value is -3.67. The summed E-state index contributed by atoms with van der Waals surface area (Å²) in [7, 11) is 0. The maximum Gasteiger partial charge on any atom is 0.306 e. The van der Waals surface area contributed by atoms with Crippen molar-refractivity contribution >= 4 is 17.9 Å². The molecule has 1 atom stereocenters. The van der Waals surface area contributed by atoms with E-state index in [-0.39, 0.29) is 31.1 Å². The molecule has 0 fully saturated rings. The van der Waals surface area contributed by atoms with Gasteiger partial charge in [-0.3, -0.25) is 14.4 Å². The summed E-state index contributed by atoms with van der Waals surface area (Å²) in [5.41, 5.74) is 0. The van der Waals surface area contributed by atoms with Crippen LogP contribution in [0, 0.1) is 0 Å². The number of carbonyl (C=O) groups is 3. The fourth-order valence-electron chi connectivity index (χ4n) is 9.71. The van der Waals surface area contributed by atoms with E-state index in [4.69, 9.17) is 14.2 Å². The lowest BCUT2D eigenvalue weighted by Crippen LogP contribution is -2.30. The van der Waals surface area contributed by atoms with Gasteiger partial charge in [0.1, 0.15) is 13.2 Å². The number of hydrogen-bond acceptors (Lipinski definition) is 6. The van der Waals surface area contributed by atoms with Crippen LogP contribution in [0.15, 0.2) is 97.2 Å². The smallest absolute Gasteiger partial charge is 0.306 e. The second kappa shape index (κ2) is 67.8. The Balaban J connectivity index is 4.41. The predicted molar refractivity (Wildman–Crippen MR) is 348 cm³/mol. The molecule has 0 spiro atoms. The van der Waals surface area contributed by atoms with Gasteiger partial charge in [0, 0.05) is 19.3 Å². The number of carbonyl (C=O) groups excluding carboxylic acids is 3. The summed E-state index contributed by atoms with van der Waals surface area (Å²) in [6.07, 6.45) is 91.3. The minimum Gasteiger partial charge on any atom is -0.462 e. The van der Waals surface area contributed by atoms with Crippen molar-refractivity contribution in [1.29, 1.82) is 0 Å². The molecule has 460 valence electrons. The van der Waals surface area contributed by atoms with Gasteiger partial charge < -0.3 is 14.2 Å². The standard InChI is InChI=1S/C74H128O6/c1-4-7-10-13-16-19-22-25-28-31-33-35-37-39-40-43-46-49-52-55-58-61-64-67-73(76)79-70-71(69-78-72(75)66-63-60-57-54-51-48-45-42-30-27-24-21-18-15-12-9-6-3)80-74(77)68-65-62-59-56-53-50-47-44-41-38-36-34-32-29-26-23-20-17-14-11-8-5-2/h7,10,16,18-19,21,25,27-28,30,33,35,39-40,46,49,71H,4-6,8-9,11-15,17,20,22-24,26,29,31-32,34,36-38,41-45,47-48,50-70H2,1-3H3/b10-7-,19-16-,21-18-,28-25-,30-27-,35-33-,40-39-,49-46-. The third-order valence-electron chi connectivity index (χ3n) is 14.8. The van der Waals surface area contributed by atoms with E-state index in [1.54, 1.807) is 0 Å². The molecule has 1 unspecified atom stereocenters. The summed E-state index contributed by atoms with van der Waals surface area (Å²) < 4.78 is 17.0. The molecule has 0 saturated carbocycles. The molecule has 0 aliphatic rings. The molecule has 0 heterocycles. The SMILES string of the molecule is CC/C=C\C/C=C\C/C=C\C/C=C\C/C=C\C/C=C\CCCCCCC(=O)OCC(COC(=O)CCCCCCCCC/C=C\C/C=C\CCCCC)OC(=O)CCCCCCCCCCCCCCCCCCCCCCCC. The number of esters is 3. The third-order valence-corrected chi connectivity index (χ3v) is 14.8. The van der Waals surface area contributed by atoms with Crippen LogP contribution in [-0.4, -0.2) is 37.2 Å². The molecule has 80 heavy (non-hydrogen) atoms. The first-order valence-electron chi connectivity index (χ1n) is 34.2. The van der Waals surface area contributed by atoms with Crippen molar-refractivity contribution in [2.75, 3.05) is 13.2 Å². The van der Waals surface area contributed by atoms with Gasteiger partial charge in [-0.25, -0.2) is 0 Å². The van der Waals surface area contributed by atoms with Crippen LogP contribution in [-0.2, 0) is 28.6 Å². The zero-order valence-electron chi connectivity index (χ0n) is 52.8. The van der Waals surface area contributed by atoms with Gasteiger partial charge in [-0.05, 0) is 103 Å². The Morgan fingerprint density at radius 3 is 0.787 bits per heavy atom. The zero-order valence-corrected chi connectivity index (χ0v) is 52.8. The van der Waals surface area contributed by atoms with Crippen LogP contribution in [0.4, 0.5) is 0 Å². The van der Waals surface area contributed by atoms with Crippen molar-refractivity contribution in [2.45, 2.75) is 341 Å². The molecule has 0 N–H and O–H groups in total.